The molecular weight excluding hydrogens is 447 g/mol. The lowest BCUT2D eigenvalue weighted by atomic mass is 10.1. The fourth-order valence-electron chi connectivity index (χ4n) is 2.75. The summed E-state index contributed by atoms with van der Waals surface area (Å²) in [5.41, 5.74) is 2.06. The van der Waals surface area contributed by atoms with Crippen molar-refractivity contribution in [1.82, 2.24) is 10.6 Å². The van der Waals surface area contributed by atoms with Gasteiger partial charge in [0.2, 0.25) is 5.91 Å². The Morgan fingerprint density at radius 3 is 2.56 bits per heavy atom. The van der Waals surface area contributed by atoms with Gasteiger partial charge >= 0.3 is 0 Å². The summed E-state index contributed by atoms with van der Waals surface area (Å²) in [5, 5.41) is 9.58. The Balaban J connectivity index is 0.00000312. The van der Waals surface area contributed by atoms with Crippen LogP contribution in [0.2, 0.25) is 0 Å². The van der Waals surface area contributed by atoms with E-state index in [0.29, 0.717) is 4.75 Å². The number of carbonyl (C=O) groups is 1. The van der Waals surface area contributed by atoms with Gasteiger partial charge < -0.3 is 16.0 Å². The molecule has 2 rings (SSSR count). The first-order valence-corrected chi connectivity index (χ1v) is 9.44. The summed E-state index contributed by atoms with van der Waals surface area (Å²) in [5.74, 6) is 2.07. The number of nitrogens with one attached hydrogen (secondary N) is 3. The van der Waals surface area contributed by atoms with Crippen LogP contribution in [-0.2, 0) is 11.2 Å². The molecule has 0 aliphatic carbocycles. The van der Waals surface area contributed by atoms with Crippen molar-refractivity contribution in [2.45, 2.75) is 37.9 Å². The first kappa shape index (κ1) is 22.1. The molecule has 3 N–H and O–H groups in total. The smallest absolute Gasteiger partial charge is 0.221 e. The molecule has 1 aromatic rings. The molecule has 0 aromatic heterocycles. The molecule has 140 valence electrons. The lowest BCUT2D eigenvalue weighted by molar-refractivity contribution is -0.114. The van der Waals surface area contributed by atoms with Gasteiger partial charge in [0.05, 0.1) is 0 Å². The number of nitrogens with zero attached hydrogens (tertiary/aromatic N) is 1. The molecule has 0 saturated carbocycles. The molecule has 1 aliphatic heterocycles. The van der Waals surface area contributed by atoms with Crippen molar-refractivity contribution in [2.24, 2.45) is 4.99 Å². The molecular formula is C18H29IN4OS. The van der Waals surface area contributed by atoms with Crippen LogP contribution in [0, 0.1) is 0 Å². The van der Waals surface area contributed by atoms with Crippen LogP contribution < -0.4 is 16.0 Å². The maximum atomic E-state index is 11.0. The zero-order valence-corrected chi connectivity index (χ0v) is 18.4. The van der Waals surface area contributed by atoms with Crippen LogP contribution in [0.3, 0.4) is 0 Å². The molecule has 1 amide bonds. The van der Waals surface area contributed by atoms with E-state index in [2.05, 4.69) is 27.9 Å². The van der Waals surface area contributed by atoms with Gasteiger partial charge in [-0.15, -0.1) is 24.0 Å². The quantitative estimate of drug-likeness (QED) is 0.335. The van der Waals surface area contributed by atoms with Crippen LogP contribution in [0.1, 0.15) is 32.3 Å². The van der Waals surface area contributed by atoms with Crippen LogP contribution in [0.25, 0.3) is 0 Å². The third-order valence-corrected chi connectivity index (χ3v) is 5.67. The summed E-state index contributed by atoms with van der Waals surface area (Å²) in [6, 6.07) is 7.95. The van der Waals surface area contributed by atoms with Gasteiger partial charge in [0, 0.05) is 37.5 Å². The molecule has 0 radical (unpaired) electrons. The molecule has 1 unspecified atom stereocenters. The molecule has 1 aliphatic rings. The van der Waals surface area contributed by atoms with Gasteiger partial charge in [-0.05, 0) is 49.6 Å². The molecule has 1 saturated heterocycles. The number of benzene rings is 1. The number of hydrogen-bond acceptors (Lipinski definition) is 3. The van der Waals surface area contributed by atoms with Crippen molar-refractivity contribution in [1.29, 1.82) is 0 Å². The molecule has 7 heteroatoms. The lowest BCUT2D eigenvalue weighted by Crippen LogP contribution is -2.44. The van der Waals surface area contributed by atoms with Gasteiger partial charge in [0.15, 0.2) is 5.96 Å². The SMILES string of the molecule is CN=C(NCCc1ccc(NC(C)=O)cc1)NCC1(C)CCCS1.I. The zero-order chi connectivity index (χ0) is 17.4. The van der Waals surface area contributed by atoms with Crippen molar-refractivity contribution < 1.29 is 4.79 Å². The first-order valence-electron chi connectivity index (χ1n) is 8.46. The highest BCUT2D eigenvalue weighted by atomic mass is 127. The highest BCUT2D eigenvalue weighted by molar-refractivity contribution is 14.0. The highest BCUT2D eigenvalue weighted by Gasteiger charge is 2.29. The maximum absolute atomic E-state index is 11.0. The lowest BCUT2D eigenvalue weighted by Gasteiger charge is -2.24. The largest absolute Gasteiger partial charge is 0.356 e. The molecule has 0 spiro atoms. The van der Waals surface area contributed by atoms with E-state index in [1.165, 1.54) is 31.1 Å². The highest BCUT2D eigenvalue weighted by Crippen LogP contribution is 2.36. The summed E-state index contributed by atoms with van der Waals surface area (Å²) in [7, 11) is 1.81. The Morgan fingerprint density at radius 2 is 2.00 bits per heavy atom. The average Bonchev–Trinajstić information content (AvgIpc) is 2.99. The van der Waals surface area contributed by atoms with Crippen molar-refractivity contribution in [3.63, 3.8) is 0 Å². The fourth-order valence-corrected chi connectivity index (χ4v) is 4.00. The van der Waals surface area contributed by atoms with Gasteiger partial charge in [-0.3, -0.25) is 9.79 Å². The van der Waals surface area contributed by atoms with Crippen LogP contribution in [0.15, 0.2) is 29.3 Å². The normalized spacial score (nSPS) is 19.9. The van der Waals surface area contributed by atoms with Crippen LogP contribution >= 0.6 is 35.7 Å². The van der Waals surface area contributed by atoms with Gasteiger partial charge in [-0.1, -0.05) is 12.1 Å². The molecule has 5 nitrogen and oxygen atoms in total. The van der Waals surface area contributed by atoms with E-state index in [1.54, 1.807) is 0 Å². The van der Waals surface area contributed by atoms with Crippen LogP contribution in [0.5, 0.6) is 0 Å². The van der Waals surface area contributed by atoms with Crippen LogP contribution in [-0.4, -0.2) is 42.5 Å². The third kappa shape index (κ3) is 7.85. The average molecular weight is 476 g/mol. The Morgan fingerprint density at radius 1 is 1.28 bits per heavy atom. The molecule has 1 atom stereocenters. The number of carbonyl (C=O) groups excluding carboxylic acids is 1. The minimum atomic E-state index is -0.0478. The Kier molecular flexibility index (Phi) is 9.63. The van der Waals surface area contributed by atoms with E-state index in [-0.39, 0.29) is 29.9 Å². The van der Waals surface area contributed by atoms with Crippen molar-refractivity contribution in [3.8, 4) is 0 Å². The topological polar surface area (TPSA) is 65.5 Å². The number of rotatable bonds is 6. The van der Waals surface area contributed by atoms with Gasteiger partial charge in [0.1, 0.15) is 0 Å². The minimum absolute atomic E-state index is 0. The molecule has 25 heavy (non-hydrogen) atoms. The fraction of sp³-hybridized carbons (Fsp3) is 0.556. The third-order valence-electron chi connectivity index (χ3n) is 4.13. The van der Waals surface area contributed by atoms with Crippen molar-refractivity contribution >= 4 is 53.3 Å². The van der Waals surface area contributed by atoms with E-state index in [0.717, 1.165) is 31.2 Å². The standard InChI is InChI=1S/C18H28N4OS.HI/c1-14(23)22-16-7-5-15(6-8-16)9-11-20-17(19-3)21-13-18(2)10-4-12-24-18;/h5-8H,4,9-13H2,1-3H3,(H,22,23)(H2,19,20,21);1H. The maximum Gasteiger partial charge on any atom is 0.221 e. The van der Waals surface area contributed by atoms with Crippen molar-refractivity contribution in [2.75, 3.05) is 31.2 Å². The predicted molar refractivity (Wildman–Crippen MR) is 119 cm³/mol. The number of aliphatic imine (C=N–C) groups is 1. The number of thioether (sulfide) groups is 1. The Bertz CT molecular complexity index is 571. The van der Waals surface area contributed by atoms with E-state index >= 15 is 0 Å². The zero-order valence-electron chi connectivity index (χ0n) is 15.2. The van der Waals surface area contributed by atoms with E-state index in [9.17, 15) is 4.79 Å². The van der Waals surface area contributed by atoms with Crippen molar-refractivity contribution in [3.05, 3.63) is 29.8 Å². The molecule has 1 fully saturated rings. The summed E-state index contributed by atoms with van der Waals surface area (Å²) in [6.07, 6.45) is 3.48. The Hall–Kier alpha value is -0.960. The van der Waals surface area contributed by atoms with Gasteiger partial charge in [-0.25, -0.2) is 0 Å². The number of guanidine groups is 1. The number of amides is 1. The minimum Gasteiger partial charge on any atom is -0.356 e. The summed E-state index contributed by atoms with van der Waals surface area (Å²) in [4.78, 5) is 15.3. The van der Waals surface area contributed by atoms with E-state index in [1.807, 2.05) is 43.1 Å². The van der Waals surface area contributed by atoms with Gasteiger partial charge in [-0.2, -0.15) is 11.8 Å². The number of hydrogen-bond donors (Lipinski definition) is 3. The second kappa shape index (κ2) is 10.9. The molecule has 0 bridgehead atoms. The monoisotopic (exact) mass is 476 g/mol. The predicted octanol–water partition coefficient (Wildman–Crippen LogP) is 3.26. The number of anilines is 1. The summed E-state index contributed by atoms with van der Waals surface area (Å²) in [6.45, 7) is 5.61. The first-order chi connectivity index (χ1) is 11.5. The molecule has 1 aromatic carbocycles. The van der Waals surface area contributed by atoms with Crippen LogP contribution in [0.4, 0.5) is 5.69 Å². The summed E-state index contributed by atoms with van der Waals surface area (Å²) >= 11 is 2.05. The van der Waals surface area contributed by atoms with E-state index in [4.69, 9.17) is 0 Å². The van der Waals surface area contributed by atoms with E-state index < -0.39 is 0 Å². The molecule has 1 heterocycles. The summed E-state index contributed by atoms with van der Waals surface area (Å²) < 4.78 is 0.331. The number of halogens is 1. The second-order valence-corrected chi connectivity index (χ2v) is 8.07. The second-order valence-electron chi connectivity index (χ2n) is 6.38. The Labute approximate surface area is 172 Å². The van der Waals surface area contributed by atoms with Gasteiger partial charge in [0.25, 0.3) is 0 Å².